The maximum absolute atomic E-state index is 12.5. The second-order valence-corrected chi connectivity index (χ2v) is 6.75. The van der Waals surface area contributed by atoms with Crippen molar-refractivity contribution in [3.63, 3.8) is 0 Å². The van der Waals surface area contributed by atoms with E-state index in [1.807, 2.05) is 6.92 Å². The molecular formula is C17H19BrN6O3. The molecular weight excluding hydrogens is 416 g/mol. The van der Waals surface area contributed by atoms with Gasteiger partial charge in [0.2, 0.25) is 5.91 Å². The molecule has 0 spiro atoms. The molecule has 10 heteroatoms. The minimum atomic E-state index is -0.353. The number of hydrogen-bond acceptors (Lipinski definition) is 5. The zero-order chi connectivity index (χ0) is 19.4. The lowest BCUT2D eigenvalue weighted by atomic mass is 10.3. The van der Waals surface area contributed by atoms with E-state index in [0.717, 1.165) is 10.2 Å². The van der Waals surface area contributed by atoms with Gasteiger partial charge < -0.3 is 15.1 Å². The van der Waals surface area contributed by atoms with E-state index >= 15 is 0 Å². The Morgan fingerprint density at radius 2 is 2.11 bits per heavy atom. The van der Waals surface area contributed by atoms with E-state index in [9.17, 15) is 9.59 Å². The van der Waals surface area contributed by atoms with Gasteiger partial charge in [0.1, 0.15) is 11.5 Å². The molecule has 0 unspecified atom stereocenters. The second kappa shape index (κ2) is 8.21. The van der Waals surface area contributed by atoms with E-state index in [0.29, 0.717) is 18.0 Å². The molecule has 0 aliphatic rings. The van der Waals surface area contributed by atoms with E-state index in [2.05, 4.69) is 36.8 Å². The molecule has 0 saturated heterocycles. The standard InChI is InChI=1S/C17H19BrN6O3/c1-11-13(18)9-21-24(11)6-5-15(25)22-14-10-20-23(2)16(14)17(26)19-8-12-4-3-7-27-12/h3-4,7,9-10H,5-6,8H2,1-2H3,(H,19,26)(H,22,25). The normalized spacial score (nSPS) is 10.8. The van der Waals surface area contributed by atoms with Crippen LogP contribution in [0.1, 0.15) is 28.4 Å². The third-order valence-electron chi connectivity index (χ3n) is 4.03. The van der Waals surface area contributed by atoms with Crippen LogP contribution in [0.15, 0.2) is 39.7 Å². The number of anilines is 1. The number of nitrogens with zero attached hydrogens (tertiary/aromatic N) is 4. The van der Waals surface area contributed by atoms with Crippen molar-refractivity contribution in [3.05, 3.63) is 52.4 Å². The van der Waals surface area contributed by atoms with Gasteiger partial charge in [-0.1, -0.05) is 0 Å². The molecule has 0 aliphatic carbocycles. The van der Waals surface area contributed by atoms with E-state index in [4.69, 9.17) is 4.42 Å². The Kier molecular flexibility index (Phi) is 5.75. The summed E-state index contributed by atoms with van der Waals surface area (Å²) in [6.45, 7) is 2.60. The predicted molar refractivity (Wildman–Crippen MR) is 101 cm³/mol. The molecule has 2 amide bonds. The maximum atomic E-state index is 12.5. The predicted octanol–water partition coefficient (Wildman–Crippen LogP) is 2.24. The van der Waals surface area contributed by atoms with Gasteiger partial charge in [-0.25, -0.2) is 0 Å². The first kappa shape index (κ1) is 18.9. The molecule has 0 bridgehead atoms. The summed E-state index contributed by atoms with van der Waals surface area (Å²) in [5.41, 5.74) is 1.58. The van der Waals surface area contributed by atoms with Crippen LogP contribution in [0.25, 0.3) is 0 Å². The summed E-state index contributed by atoms with van der Waals surface area (Å²) in [4.78, 5) is 24.8. The average molecular weight is 435 g/mol. The van der Waals surface area contributed by atoms with E-state index in [1.165, 1.54) is 17.1 Å². The molecule has 3 aromatic heterocycles. The topological polar surface area (TPSA) is 107 Å². The SMILES string of the molecule is Cc1c(Br)cnn1CCC(=O)Nc1cnn(C)c1C(=O)NCc1ccco1. The van der Waals surface area contributed by atoms with Crippen molar-refractivity contribution in [3.8, 4) is 0 Å². The van der Waals surface area contributed by atoms with Gasteiger partial charge in [-0.2, -0.15) is 10.2 Å². The molecule has 0 radical (unpaired) electrons. The van der Waals surface area contributed by atoms with Crippen LogP contribution in [0.4, 0.5) is 5.69 Å². The van der Waals surface area contributed by atoms with E-state index < -0.39 is 0 Å². The zero-order valence-electron chi connectivity index (χ0n) is 14.9. The van der Waals surface area contributed by atoms with Crippen LogP contribution >= 0.6 is 15.9 Å². The lowest BCUT2D eigenvalue weighted by Crippen LogP contribution is -2.26. The third-order valence-corrected chi connectivity index (χ3v) is 4.80. The Morgan fingerprint density at radius 1 is 1.30 bits per heavy atom. The van der Waals surface area contributed by atoms with Crippen LogP contribution in [0.5, 0.6) is 0 Å². The summed E-state index contributed by atoms with van der Waals surface area (Å²) in [6.07, 6.45) is 4.90. The van der Waals surface area contributed by atoms with Crippen molar-refractivity contribution in [1.29, 1.82) is 0 Å². The highest BCUT2D eigenvalue weighted by Crippen LogP contribution is 2.16. The molecule has 27 heavy (non-hydrogen) atoms. The first-order chi connectivity index (χ1) is 13.0. The van der Waals surface area contributed by atoms with Crippen molar-refractivity contribution in [2.75, 3.05) is 5.32 Å². The highest BCUT2D eigenvalue weighted by molar-refractivity contribution is 9.10. The molecule has 0 saturated carbocycles. The lowest BCUT2D eigenvalue weighted by Gasteiger charge is -2.09. The summed E-state index contributed by atoms with van der Waals surface area (Å²) in [5.74, 6) is 0.0551. The number of carbonyl (C=O) groups is 2. The highest BCUT2D eigenvalue weighted by atomic mass is 79.9. The average Bonchev–Trinajstić information content (AvgIpc) is 3.35. The van der Waals surface area contributed by atoms with Crippen LogP contribution in [0.2, 0.25) is 0 Å². The lowest BCUT2D eigenvalue weighted by molar-refractivity contribution is -0.116. The van der Waals surface area contributed by atoms with Crippen molar-refractivity contribution >= 4 is 33.4 Å². The third kappa shape index (κ3) is 4.45. The minimum absolute atomic E-state index is 0.220. The van der Waals surface area contributed by atoms with E-state index in [-0.39, 0.29) is 30.5 Å². The Bertz CT molecular complexity index is 944. The quantitative estimate of drug-likeness (QED) is 0.592. The smallest absolute Gasteiger partial charge is 0.272 e. The van der Waals surface area contributed by atoms with Gasteiger partial charge in [0.25, 0.3) is 5.91 Å². The van der Waals surface area contributed by atoms with Crippen LogP contribution in [-0.2, 0) is 24.9 Å². The summed E-state index contributed by atoms with van der Waals surface area (Å²) in [7, 11) is 1.64. The summed E-state index contributed by atoms with van der Waals surface area (Å²) < 4.78 is 9.25. The van der Waals surface area contributed by atoms with Gasteiger partial charge >= 0.3 is 0 Å². The van der Waals surface area contributed by atoms with Crippen LogP contribution in [0, 0.1) is 6.92 Å². The molecule has 0 atom stereocenters. The Morgan fingerprint density at radius 3 is 2.78 bits per heavy atom. The number of carbonyl (C=O) groups excluding carboxylic acids is 2. The molecule has 3 rings (SSSR count). The van der Waals surface area contributed by atoms with Gasteiger partial charge in [0, 0.05) is 19.2 Å². The van der Waals surface area contributed by atoms with Crippen LogP contribution < -0.4 is 10.6 Å². The summed E-state index contributed by atoms with van der Waals surface area (Å²) in [5, 5.41) is 13.7. The molecule has 142 valence electrons. The van der Waals surface area contributed by atoms with Crippen molar-refractivity contribution < 1.29 is 14.0 Å². The second-order valence-electron chi connectivity index (χ2n) is 5.89. The first-order valence-electron chi connectivity index (χ1n) is 8.26. The first-order valence-corrected chi connectivity index (χ1v) is 9.05. The highest BCUT2D eigenvalue weighted by Gasteiger charge is 2.19. The Hall–Kier alpha value is -2.88. The number of rotatable bonds is 7. The van der Waals surface area contributed by atoms with Gasteiger partial charge in [0.05, 0.1) is 41.9 Å². The largest absolute Gasteiger partial charge is 0.467 e. The Balaban J connectivity index is 1.60. The number of hydrogen-bond donors (Lipinski definition) is 2. The summed E-state index contributed by atoms with van der Waals surface area (Å²) >= 11 is 3.39. The number of amides is 2. The molecule has 0 aliphatic heterocycles. The Labute approximate surface area is 163 Å². The van der Waals surface area contributed by atoms with Gasteiger partial charge in [-0.05, 0) is 35.0 Å². The number of halogens is 1. The number of aryl methyl sites for hydroxylation is 2. The molecule has 3 heterocycles. The molecule has 0 fully saturated rings. The van der Waals surface area contributed by atoms with E-state index in [1.54, 1.807) is 30.1 Å². The fourth-order valence-corrected chi connectivity index (χ4v) is 2.83. The fourth-order valence-electron chi connectivity index (χ4n) is 2.53. The maximum Gasteiger partial charge on any atom is 0.272 e. The number of furan rings is 1. The number of aromatic nitrogens is 4. The monoisotopic (exact) mass is 434 g/mol. The van der Waals surface area contributed by atoms with Crippen molar-refractivity contribution in [2.24, 2.45) is 7.05 Å². The van der Waals surface area contributed by atoms with Gasteiger partial charge in [0.15, 0.2) is 0 Å². The van der Waals surface area contributed by atoms with Crippen molar-refractivity contribution in [1.82, 2.24) is 24.9 Å². The molecule has 3 aromatic rings. The fraction of sp³-hybridized carbons (Fsp3) is 0.294. The van der Waals surface area contributed by atoms with Gasteiger partial charge in [-0.15, -0.1) is 0 Å². The molecule has 0 aromatic carbocycles. The molecule has 9 nitrogen and oxygen atoms in total. The van der Waals surface area contributed by atoms with Crippen molar-refractivity contribution in [2.45, 2.75) is 26.4 Å². The van der Waals surface area contributed by atoms with Crippen LogP contribution in [-0.4, -0.2) is 31.4 Å². The molecule has 2 N–H and O–H groups in total. The number of nitrogens with one attached hydrogen (secondary N) is 2. The zero-order valence-corrected chi connectivity index (χ0v) is 16.5. The van der Waals surface area contributed by atoms with Crippen LogP contribution in [0.3, 0.4) is 0 Å². The summed E-state index contributed by atoms with van der Waals surface area (Å²) in [6, 6.07) is 3.51. The van der Waals surface area contributed by atoms with Gasteiger partial charge in [-0.3, -0.25) is 19.0 Å². The minimum Gasteiger partial charge on any atom is -0.467 e.